The molecule has 3 N–H and O–H groups in total. The van der Waals surface area contributed by atoms with E-state index in [4.69, 9.17) is 5.73 Å². The molecule has 0 radical (unpaired) electrons. The van der Waals surface area contributed by atoms with E-state index in [9.17, 15) is 0 Å². The molecule has 2 heterocycles. The van der Waals surface area contributed by atoms with E-state index in [1.807, 2.05) is 11.4 Å². The number of aromatic amines is 1. The molecule has 0 aliphatic heterocycles. The van der Waals surface area contributed by atoms with Gasteiger partial charge in [-0.25, -0.2) is 4.98 Å². The van der Waals surface area contributed by atoms with Crippen molar-refractivity contribution in [2.45, 2.75) is 18.8 Å². The Balaban J connectivity index is 1.99. The van der Waals surface area contributed by atoms with Gasteiger partial charge >= 0.3 is 0 Å². The molecular weight excluding hydrogens is 196 g/mol. The van der Waals surface area contributed by atoms with E-state index in [1.165, 1.54) is 12.8 Å². The summed E-state index contributed by atoms with van der Waals surface area (Å²) in [5, 5.41) is 9.10. The molecule has 0 unspecified atom stereocenters. The van der Waals surface area contributed by atoms with Crippen LogP contribution in [-0.4, -0.2) is 15.2 Å². The summed E-state index contributed by atoms with van der Waals surface area (Å²) in [4.78, 5) is 5.41. The molecule has 1 aliphatic carbocycles. The molecule has 14 heavy (non-hydrogen) atoms. The van der Waals surface area contributed by atoms with Gasteiger partial charge in [-0.1, -0.05) is 0 Å². The monoisotopic (exact) mass is 206 g/mol. The maximum Gasteiger partial charge on any atom is 0.193 e. The second-order valence-electron chi connectivity index (χ2n) is 3.52. The molecule has 0 bridgehead atoms. The van der Waals surface area contributed by atoms with Crippen molar-refractivity contribution >= 4 is 17.0 Å². The highest BCUT2D eigenvalue weighted by Crippen LogP contribution is 2.39. The summed E-state index contributed by atoms with van der Waals surface area (Å²) in [6.45, 7) is 0. The Hall–Kier alpha value is -1.36. The Morgan fingerprint density at radius 1 is 1.50 bits per heavy atom. The highest BCUT2D eigenvalue weighted by molar-refractivity contribution is 7.14. The number of aromatic nitrogens is 3. The molecule has 1 aliphatic rings. The van der Waals surface area contributed by atoms with E-state index in [0.717, 1.165) is 22.2 Å². The topological polar surface area (TPSA) is 67.6 Å². The van der Waals surface area contributed by atoms with Gasteiger partial charge in [0.15, 0.2) is 5.82 Å². The predicted molar refractivity (Wildman–Crippen MR) is 56.1 cm³/mol. The highest BCUT2D eigenvalue weighted by atomic mass is 32.1. The summed E-state index contributed by atoms with van der Waals surface area (Å²) >= 11 is 1.58. The van der Waals surface area contributed by atoms with Gasteiger partial charge in [0.1, 0.15) is 5.82 Å². The highest BCUT2D eigenvalue weighted by Gasteiger charge is 2.27. The van der Waals surface area contributed by atoms with Gasteiger partial charge in [0.2, 0.25) is 0 Å². The van der Waals surface area contributed by atoms with Crippen molar-refractivity contribution in [2.75, 3.05) is 5.73 Å². The first-order valence-electron chi connectivity index (χ1n) is 4.60. The first kappa shape index (κ1) is 7.99. The van der Waals surface area contributed by atoms with Gasteiger partial charge in [0.25, 0.3) is 0 Å². The first-order chi connectivity index (χ1) is 6.84. The number of nitrogens with two attached hydrogens (primary N) is 1. The van der Waals surface area contributed by atoms with Crippen molar-refractivity contribution in [2.24, 2.45) is 0 Å². The zero-order valence-electron chi connectivity index (χ0n) is 7.53. The first-order valence-corrected chi connectivity index (χ1v) is 5.48. The molecule has 0 atom stereocenters. The summed E-state index contributed by atoms with van der Waals surface area (Å²) in [6.07, 6.45) is 2.46. The molecular formula is C9H10N4S. The fourth-order valence-electron chi connectivity index (χ4n) is 1.42. The van der Waals surface area contributed by atoms with Gasteiger partial charge in [0.05, 0.1) is 10.6 Å². The average molecular weight is 206 g/mol. The third-order valence-corrected chi connectivity index (χ3v) is 3.29. The minimum absolute atomic E-state index is 0.609. The van der Waals surface area contributed by atoms with Crippen LogP contribution < -0.4 is 5.73 Å². The quantitative estimate of drug-likeness (QED) is 0.789. The number of nitrogen functional groups attached to an aromatic ring is 1. The lowest BCUT2D eigenvalue weighted by Gasteiger charge is -1.90. The Morgan fingerprint density at radius 2 is 2.36 bits per heavy atom. The maximum absolute atomic E-state index is 5.79. The Bertz CT molecular complexity index is 455. The molecule has 3 rings (SSSR count). The minimum atomic E-state index is 0.609. The van der Waals surface area contributed by atoms with E-state index in [0.29, 0.717) is 5.92 Å². The molecule has 2 aromatic rings. The minimum Gasteiger partial charge on any atom is -0.397 e. The second kappa shape index (κ2) is 2.81. The predicted octanol–water partition coefficient (Wildman–Crippen LogP) is 1.99. The summed E-state index contributed by atoms with van der Waals surface area (Å²) < 4.78 is 0. The molecule has 4 nitrogen and oxygen atoms in total. The number of thiophene rings is 1. The molecule has 1 fully saturated rings. The Labute approximate surface area is 85.2 Å². The van der Waals surface area contributed by atoms with Crippen LogP contribution in [0.2, 0.25) is 0 Å². The van der Waals surface area contributed by atoms with E-state index < -0.39 is 0 Å². The molecule has 0 amide bonds. The van der Waals surface area contributed by atoms with Crippen LogP contribution >= 0.6 is 11.3 Å². The summed E-state index contributed by atoms with van der Waals surface area (Å²) in [6, 6.07) is 1.88. The number of anilines is 1. The normalized spacial score (nSPS) is 16.0. The number of nitrogens with zero attached hydrogens (tertiary/aromatic N) is 2. The summed E-state index contributed by atoms with van der Waals surface area (Å²) in [5.74, 6) is 2.35. The van der Waals surface area contributed by atoms with Crippen LogP contribution in [0.1, 0.15) is 24.6 Å². The van der Waals surface area contributed by atoms with Crippen LogP contribution in [0.5, 0.6) is 0 Å². The van der Waals surface area contributed by atoms with Crippen molar-refractivity contribution in [3.8, 4) is 10.7 Å². The van der Waals surface area contributed by atoms with Crippen molar-refractivity contribution in [1.29, 1.82) is 0 Å². The van der Waals surface area contributed by atoms with Crippen LogP contribution in [0.3, 0.4) is 0 Å². The smallest absolute Gasteiger partial charge is 0.193 e. The second-order valence-corrected chi connectivity index (χ2v) is 4.44. The van der Waals surface area contributed by atoms with Gasteiger partial charge < -0.3 is 5.73 Å². The third kappa shape index (κ3) is 1.21. The van der Waals surface area contributed by atoms with Crippen LogP contribution in [0.25, 0.3) is 10.7 Å². The number of hydrogen-bond donors (Lipinski definition) is 2. The van der Waals surface area contributed by atoms with Crippen LogP contribution in [0, 0.1) is 0 Å². The fourth-order valence-corrected chi connectivity index (χ4v) is 2.17. The lowest BCUT2D eigenvalue weighted by atomic mass is 10.4. The number of hydrogen-bond acceptors (Lipinski definition) is 4. The van der Waals surface area contributed by atoms with E-state index in [2.05, 4.69) is 15.2 Å². The lowest BCUT2D eigenvalue weighted by molar-refractivity contribution is 0.935. The Morgan fingerprint density at radius 3 is 3.00 bits per heavy atom. The number of nitrogens with one attached hydrogen (secondary N) is 1. The largest absolute Gasteiger partial charge is 0.397 e. The van der Waals surface area contributed by atoms with Crippen LogP contribution in [0.15, 0.2) is 11.4 Å². The SMILES string of the molecule is Nc1ccsc1-c1n[nH]c(C2CC2)n1. The van der Waals surface area contributed by atoms with Crippen LogP contribution in [0.4, 0.5) is 5.69 Å². The van der Waals surface area contributed by atoms with Crippen molar-refractivity contribution in [3.05, 3.63) is 17.3 Å². The number of rotatable bonds is 2. The van der Waals surface area contributed by atoms with Crippen molar-refractivity contribution in [1.82, 2.24) is 15.2 Å². The number of H-pyrrole nitrogens is 1. The maximum atomic E-state index is 5.79. The van der Waals surface area contributed by atoms with E-state index in [1.54, 1.807) is 11.3 Å². The van der Waals surface area contributed by atoms with Crippen LogP contribution in [-0.2, 0) is 0 Å². The summed E-state index contributed by atoms with van der Waals surface area (Å²) in [7, 11) is 0. The van der Waals surface area contributed by atoms with E-state index >= 15 is 0 Å². The van der Waals surface area contributed by atoms with Gasteiger partial charge in [0, 0.05) is 5.92 Å². The van der Waals surface area contributed by atoms with Gasteiger partial charge in [-0.3, -0.25) is 5.10 Å². The van der Waals surface area contributed by atoms with Crippen molar-refractivity contribution < 1.29 is 0 Å². The Kier molecular flexibility index (Phi) is 1.61. The third-order valence-electron chi connectivity index (χ3n) is 2.37. The average Bonchev–Trinajstić information content (AvgIpc) is 2.75. The van der Waals surface area contributed by atoms with Gasteiger partial charge in [-0.15, -0.1) is 11.3 Å². The van der Waals surface area contributed by atoms with E-state index in [-0.39, 0.29) is 0 Å². The molecule has 1 saturated carbocycles. The van der Waals surface area contributed by atoms with Gasteiger partial charge in [-0.05, 0) is 24.3 Å². The molecule has 2 aromatic heterocycles. The molecule has 72 valence electrons. The summed E-state index contributed by atoms with van der Waals surface area (Å²) in [5.41, 5.74) is 6.55. The standard InChI is InChI=1S/C9H10N4S/c10-6-3-4-14-7(6)9-11-8(12-13-9)5-1-2-5/h3-5H,1-2,10H2,(H,11,12,13). The lowest BCUT2D eigenvalue weighted by Crippen LogP contribution is -1.85. The van der Waals surface area contributed by atoms with Crippen molar-refractivity contribution in [3.63, 3.8) is 0 Å². The molecule has 0 aromatic carbocycles. The fraction of sp³-hybridized carbons (Fsp3) is 0.333. The van der Waals surface area contributed by atoms with Gasteiger partial charge in [-0.2, -0.15) is 5.10 Å². The zero-order valence-corrected chi connectivity index (χ0v) is 8.34. The zero-order chi connectivity index (χ0) is 9.54. The molecule has 0 saturated heterocycles. The molecule has 5 heteroatoms. The molecule has 0 spiro atoms.